The summed E-state index contributed by atoms with van der Waals surface area (Å²) in [6.45, 7) is 0.230. The number of thiazole rings is 1. The molecule has 3 aromatic rings. The van der Waals surface area contributed by atoms with Crippen molar-refractivity contribution in [3.8, 4) is 17.2 Å². The monoisotopic (exact) mass is 343 g/mol. The summed E-state index contributed by atoms with van der Waals surface area (Å²) < 4.78 is 16.7. The first-order valence-electron chi connectivity index (χ1n) is 7.13. The number of amides is 1. The maximum absolute atomic E-state index is 12.2. The molecule has 0 saturated heterocycles. The van der Waals surface area contributed by atoms with Crippen molar-refractivity contribution < 1.29 is 19.0 Å². The molecule has 7 nitrogen and oxygen atoms in total. The van der Waals surface area contributed by atoms with Crippen LogP contribution in [-0.2, 0) is 0 Å². The zero-order valence-corrected chi connectivity index (χ0v) is 13.5. The smallest absolute Gasteiger partial charge is 0.269 e. The van der Waals surface area contributed by atoms with Crippen LogP contribution in [0.1, 0.15) is 10.4 Å². The van der Waals surface area contributed by atoms with Crippen LogP contribution in [0, 0.1) is 0 Å². The first-order valence-corrected chi connectivity index (χ1v) is 7.95. The number of aromatic nitrogens is 1. The van der Waals surface area contributed by atoms with E-state index in [9.17, 15) is 4.79 Å². The summed E-state index contributed by atoms with van der Waals surface area (Å²) in [4.78, 5) is 16.6. The van der Waals surface area contributed by atoms with Crippen LogP contribution >= 0.6 is 11.3 Å². The summed E-state index contributed by atoms with van der Waals surface area (Å²) >= 11 is 1.41. The molecule has 0 aliphatic carbocycles. The molecule has 0 fully saturated rings. The van der Waals surface area contributed by atoms with Crippen molar-refractivity contribution in [2.75, 3.05) is 19.3 Å². The van der Waals surface area contributed by atoms with E-state index in [0.717, 1.165) is 10.2 Å². The first-order chi connectivity index (χ1) is 11.7. The van der Waals surface area contributed by atoms with E-state index in [1.54, 1.807) is 31.4 Å². The molecule has 122 valence electrons. The minimum Gasteiger partial charge on any atom is -0.497 e. The highest BCUT2D eigenvalue weighted by Crippen LogP contribution is 2.38. The van der Waals surface area contributed by atoms with Crippen molar-refractivity contribution in [2.24, 2.45) is 0 Å². The van der Waals surface area contributed by atoms with E-state index >= 15 is 0 Å². The van der Waals surface area contributed by atoms with Gasteiger partial charge in [-0.05, 0) is 18.2 Å². The van der Waals surface area contributed by atoms with E-state index in [-0.39, 0.29) is 12.7 Å². The van der Waals surface area contributed by atoms with Gasteiger partial charge in [0.05, 0.1) is 17.3 Å². The third-order valence-electron chi connectivity index (χ3n) is 3.50. The lowest BCUT2D eigenvalue weighted by atomic mass is 10.2. The van der Waals surface area contributed by atoms with E-state index in [4.69, 9.17) is 14.2 Å². The number of carbonyl (C=O) groups is 1. The Hall–Kier alpha value is -3.00. The van der Waals surface area contributed by atoms with Crippen LogP contribution in [0.5, 0.6) is 17.2 Å². The number of benzene rings is 2. The second-order valence-corrected chi connectivity index (χ2v) is 6.03. The van der Waals surface area contributed by atoms with Gasteiger partial charge in [0.25, 0.3) is 5.91 Å². The molecule has 0 saturated carbocycles. The van der Waals surface area contributed by atoms with E-state index < -0.39 is 0 Å². The lowest BCUT2D eigenvalue weighted by molar-refractivity contribution is 0.0962. The van der Waals surface area contributed by atoms with Crippen molar-refractivity contribution >= 4 is 32.6 Å². The Morgan fingerprint density at radius 3 is 2.92 bits per heavy atom. The number of fused-ring (bicyclic) bond motifs is 2. The van der Waals surface area contributed by atoms with Gasteiger partial charge in [0.15, 0.2) is 11.5 Å². The molecule has 24 heavy (non-hydrogen) atoms. The molecule has 2 N–H and O–H groups in total. The molecular weight excluding hydrogens is 330 g/mol. The van der Waals surface area contributed by atoms with Crippen molar-refractivity contribution in [2.45, 2.75) is 0 Å². The molecule has 0 radical (unpaired) electrons. The molecule has 1 aromatic heterocycles. The third kappa shape index (κ3) is 2.67. The molecule has 1 aliphatic rings. The third-order valence-corrected chi connectivity index (χ3v) is 4.43. The first kappa shape index (κ1) is 14.6. The second kappa shape index (κ2) is 5.89. The highest BCUT2D eigenvalue weighted by atomic mass is 32.1. The average molecular weight is 343 g/mol. The highest BCUT2D eigenvalue weighted by molar-refractivity contribution is 7.22. The lowest BCUT2D eigenvalue weighted by Gasteiger charge is -2.06. The van der Waals surface area contributed by atoms with Gasteiger partial charge in [0.1, 0.15) is 5.75 Å². The molecule has 2 aromatic carbocycles. The van der Waals surface area contributed by atoms with Crippen LogP contribution in [0.15, 0.2) is 36.4 Å². The van der Waals surface area contributed by atoms with Crippen LogP contribution in [0.4, 0.5) is 5.13 Å². The van der Waals surface area contributed by atoms with Gasteiger partial charge in [-0.1, -0.05) is 17.4 Å². The summed E-state index contributed by atoms with van der Waals surface area (Å²) in [5.74, 6) is 1.73. The number of rotatable bonds is 4. The van der Waals surface area contributed by atoms with Gasteiger partial charge in [0, 0.05) is 17.7 Å². The predicted molar refractivity (Wildman–Crippen MR) is 89.8 cm³/mol. The molecule has 8 heteroatoms. The summed E-state index contributed by atoms with van der Waals surface area (Å²) in [5, 5.41) is 0.574. The fourth-order valence-electron chi connectivity index (χ4n) is 2.32. The standard InChI is InChI=1S/C16H13N3O4S/c1-21-10-4-2-3-9(5-10)15(20)18-19-16-17-11-6-12-13(23-8-22-12)7-14(11)24-16/h2-7H,8H2,1H3,(H,17,19)(H,18,20). The number of ether oxygens (including phenoxy) is 3. The Labute approximate surface area is 141 Å². The quantitative estimate of drug-likeness (QED) is 0.709. The normalized spacial score (nSPS) is 12.2. The summed E-state index contributed by atoms with van der Waals surface area (Å²) in [6.07, 6.45) is 0. The molecule has 1 amide bonds. The summed E-state index contributed by atoms with van der Waals surface area (Å²) in [5.41, 5.74) is 6.73. The molecule has 0 bridgehead atoms. The Kier molecular flexibility index (Phi) is 3.58. The Bertz CT molecular complexity index is 884. The van der Waals surface area contributed by atoms with Gasteiger partial charge in [-0.15, -0.1) is 0 Å². The van der Waals surface area contributed by atoms with Crippen LogP contribution in [-0.4, -0.2) is 24.8 Å². The predicted octanol–water partition coefficient (Wildman–Crippen LogP) is 2.79. The highest BCUT2D eigenvalue weighted by Gasteiger charge is 2.16. The maximum atomic E-state index is 12.2. The van der Waals surface area contributed by atoms with Gasteiger partial charge >= 0.3 is 0 Å². The van der Waals surface area contributed by atoms with Gasteiger partial charge in [-0.2, -0.15) is 0 Å². The van der Waals surface area contributed by atoms with Crippen molar-refractivity contribution in [3.63, 3.8) is 0 Å². The van der Waals surface area contributed by atoms with E-state index in [1.807, 2.05) is 12.1 Å². The fraction of sp³-hybridized carbons (Fsp3) is 0.125. The minimum absolute atomic E-state index is 0.230. The minimum atomic E-state index is -0.276. The van der Waals surface area contributed by atoms with Gasteiger partial charge in [-0.3, -0.25) is 15.6 Å². The Balaban J connectivity index is 1.49. The van der Waals surface area contributed by atoms with Crippen molar-refractivity contribution in [1.29, 1.82) is 0 Å². The number of nitrogens with zero attached hydrogens (tertiary/aromatic N) is 1. The second-order valence-electron chi connectivity index (χ2n) is 5.00. The molecule has 0 unspecified atom stereocenters. The van der Waals surface area contributed by atoms with Gasteiger partial charge in [-0.25, -0.2) is 4.98 Å². The molecule has 0 spiro atoms. The summed E-state index contributed by atoms with van der Waals surface area (Å²) in [7, 11) is 1.56. The zero-order valence-electron chi connectivity index (χ0n) is 12.7. The number of anilines is 1. The molecular formula is C16H13N3O4S. The lowest BCUT2D eigenvalue weighted by Crippen LogP contribution is -2.29. The number of hydrogen-bond donors (Lipinski definition) is 2. The number of hydrogen-bond acceptors (Lipinski definition) is 7. The molecule has 2 heterocycles. The van der Waals surface area contributed by atoms with Crippen LogP contribution in [0.25, 0.3) is 10.2 Å². The largest absolute Gasteiger partial charge is 0.497 e. The molecule has 4 rings (SSSR count). The number of hydrazine groups is 1. The molecule has 0 atom stereocenters. The number of nitrogens with one attached hydrogen (secondary N) is 2. The number of methoxy groups -OCH3 is 1. The molecule has 1 aliphatic heterocycles. The van der Waals surface area contributed by atoms with E-state index in [2.05, 4.69) is 15.8 Å². The van der Waals surface area contributed by atoms with Gasteiger partial charge < -0.3 is 14.2 Å². The van der Waals surface area contributed by atoms with Crippen LogP contribution in [0.2, 0.25) is 0 Å². The summed E-state index contributed by atoms with van der Waals surface area (Å²) in [6, 6.07) is 10.6. The average Bonchev–Trinajstić information content (AvgIpc) is 3.22. The van der Waals surface area contributed by atoms with E-state index in [0.29, 0.717) is 27.9 Å². The van der Waals surface area contributed by atoms with Crippen LogP contribution < -0.4 is 25.1 Å². The fourth-order valence-corrected chi connectivity index (χ4v) is 3.15. The van der Waals surface area contributed by atoms with Crippen molar-refractivity contribution in [1.82, 2.24) is 10.4 Å². The van der Waals surface area contributed by atoms with E-state index in [1.165, 1.54) is 11.3 Å². The Morgan fingerprint density at radius 2 is 2.08 bits per heavy atom. The maximum Gasteiger partial charge on any atom is 0.269 e. The zero-order chi connectivity index (χ0) is 16.5. The Morgan fingerprint density at radius 1 is 1.25 bits per heavy atom. The van der Waals surface area contributed by atoms with Crippen LogP contribution in [0.3, 0.4) is 0 Å². The van der Waals surface area contributed by atoms with Crippen molar-refractivity contribution in [3.05, 3.63) is 42.0 Å². The topological polar surface area (TPSA) is 81.7 Å². The van der Waals surface area contributed by atoms with Gasteiger partial charge in [0.2, 0.25) is 11.9 Å². The number of carbonyl (C=O) groups excluding carboxylic acids is 1. The SMILES string of the molecule is COc1cccc(C(=O)NNc2nc3cc4c(cc3s2)OCO4)c1.